The Balaban J connectivity index is 1.33. The summed E-state index contributed by atoms with van der Waals surface area (Å²) in [4.78, 5) is 24.8. The quantitative estimate of drug-likeness (QED) is 0.186. The number of carbonyl (C=O) groups is 2. The molecule has 11 heteroatoms. The highest BCUT2D eigenvalue weighted by Crippen LogP contribution is 2.37. The average Bonchev–Trinajstić information content (AvgIpc) is 3.35. The number of halogens is 1. The molecule has 0 fully saturated rings. The number of hydrogen-bond donors (Lipinski definition) is 2. The summed E-state index contributed by atoms with van der Waals surface area (Å²) < 4.78 is 11.6. The summed E-state index contributed by atoms with van der Waals surface area (Å²) in [5.41, 5.74) is 5.48. The van der Waals surface area contributed by atoms with Gasteiger partial charge in [0.1, 0.15) is 11.6 Å². The van der Waals surface area contributed by atoms with Gasteiger partial charge in [-0.15, -0.1) is 10.2 Å². The molecule has 2 N–H and O–H groups in total. The van der Waals surface area contributed by atoms with Crippen LogP contribution in [0.25, 0.3) is 0 Å². The number of aryl methyl sites for hydroxylation is 1. The van der Waals surface area contributed by atoms with E-state index in [1.807, 2.05) is 56.3 Å². The molecule has 200 valence electrons. The first-order chi connectivity index (χ1) is 18.9. The molecule has 0 radical (unpaired) electrons. The van der Waals surface area contributed by atoms with Gasteiger partial charge in [-0.05, 0) is 48.7 Å². The molecule has 0 unspecified atom stereocenters. The van der Waals surface area contributed by atoms with E-state index in [2.05, 4.69) is 26.0 Å². The van der Waals surface area contributed by atoms with E-state index in [0.29, 0.717) is 51.0 Å². The van der Waals surface area contributed by atoms with Gasteiger partial charge in [0.25, 0.3) is 5.91 Å². The topological polar surface area (TPSA) is 115 Å². The van der Waals surface area contributed by atoms with Gasteiger partial charge in [-0.3, -0.25) is 14.9 Å². The first-order valence-electron chi connectivity index (χ1n) is 12.1. The third-order valence-corrected chi connectivity index (χ3v) is 6.47. The molecule has 0 saturated heterocycles. The molecule has 0 bridgehead atoms. The fourth-order valence-electron chi connectivity index (χ4n) is 3.52. The maximum atomic E-state index is 12.5. The molecule has 0 atom stereocenters. The molecule has 0 saturated carbocycles. The van der Waals surface area contributed by atoms with Crippen LogP contribution in [-0.2, 0) is 17.8 Å². The average molecular weight is 564 g/mol. The molecule has 0 aliphatic heterocycles. The van der Waals surface area contributed by atoms with Crippen molar-refractivity contribution in [2.24, 2.45) is 5.10 Å². The van der Waals surface area contributed by atoms with Crippen molar-refractivity contribution in [3.05, 3.63) is 99.0 Å². The van der Waals surface area contributed by atoms with Crippen LogP contribution in [0.3, 0.4) is 0 Å². The number of benzene rings is 3. The molecule has 39 heavy (non-hydrogen) atoms. The third-order valence-electron chi connectivity index (χ3n) is 5.35. The van der Waals surface area contributed by atoms with Gasteiger partial charge in [-0.1, -0.05) is 71.5 Å². The minimum atomic E-state index is -0.391. The lowest BCUT2D eigenvalue weighted by molar-refractivity contribution is -0.120. The van der Waals surface area contributed by atoms with E-state index in [4.69, 9.17) is 21.1 Å². The van der Waals surface area contributed by atoms with Crippen molar-refractivity contribution in [1.82, 2.24) is 15.6 Å². The van der Waals surface area contributed by atoms with Crippen LogP contribution in [0.4, 0.5) is 5.13 Å². The van der Waals surface area contributed by atoms with Gasteiger partial charge in [0, 0.05) is 5.56 Å². The van der Waals surface area contributed by atoms with E-state index in [1.165, 1.54) is 6.21 Å². The Morgan fingerprint density at radius 1 is 1.05 bits per heavy atom. The molecular formula is C28H26ClN5O4S. The van der Waals surface area contributed by atoms with E-state index in [1.54, 1.807) is 24.3 Å². The zero-order valence-electron chi connectivity index (χ0n) is 21.3. The van der Waals surface area contributed by atoms with Crippen molar-refractivity contribution in [1.29, 1.82) is 0 Å². The minimum absolute atomic E-state index is 0.0491. The second kappa shape index (κ2) is 13.5. The first-order valence-corrected chi connectivity index (χ1v) is 13.3. The summed E-state index contributed by atoms with van der Waals surface area (Å²) in [6, 6.07) is 20.4. The number of amides is 2. The predicted molar refractivity (Wildman–Crippen MR) is 152 cm³/mol. The summed E-state index contributed by atoms with van der Waals surface area (Å²) in [5.74, 6) is 0.234. The van der Waals surface area contributed by atoms with Gasteiger partial charge < -0.3 is 9.47 Å². The van der Waals surface area contributed by atoms with E-state index >= 15 is 0 Å². The summed E-state index contributed by atoms with van der Waals surface area (Å²) in [6.07, 6.45) is 1.41. The van der Waals surface area contributed by atoms with Crippen molar-refractivity contribution >= 4 is 46.1 Å². The number of hydrazone groups is 1. The van der Waals surface area contributed by atoms with Gasteiger partial charge in [0.2, 0.25) is 11.0 Å². The maximum absolute atomic E-state index is 12.5. The van der Waals surface area contributed by atoms with Crippen LogP contribution in [0.2, 0.25) is 5.02 Å². The fourth-order valence-corrected chi connectivity index (χ4v) is 4.53. The molecule has 2 amide bonds. The Morgan fingerprint density at radius 3 is 2.59 bits per heavy atom. The summed E-state index contributed by atoms with van der Waals surface area (Å²) in [6.45, 7) is 4.48. The second-order valence-electron chi connectivity index (χ2n) is 8.28. The minimum Gasteiger partial charge on any atom is -0.490 e. The van der Waals surface area contributed by atoms with Gasteiger partial charge >= 0.3 is 0 Å². The van der Waals surface area contributed by atoms with E-state index in [-0.39, 0.29) is 12.3 Å². The molecule has 0 aliphatic rings. The summed E-state index contributed by atoms with van der Waals surface area (Å²) in [5, 5.41) is 15.8. The Kier molecular flexibility index (Phi) is 9.60. The van der Waals surface area contributed by atoms with Crippen LogP contribution < -0.4 is 20.2 Å². The summed E-state index contributed by atoms with van der Waals surface area (Å²) >= 11 is 7.59. The largest absolute Gasteiger partial charge is 0.490 e. The van der Waals surface area contributed by atoms with Crippen molar-refractivity contribution in [2.45, 2.75) is 26.9 Å². The highest BCUT2D eigenvalue weighted by Gasteiger charge is 2.15. The Labute approximate surface area is 234 Å². The lowest BCUT2D eigenvalue weighted by Gasteiger charge is -2.14. The molecule has 1 heterocycles. The molecule has 9 nitrogen and oxygen atoms in total. The summed E-state index contributed by atoms with van der Waals surface area (Å²) in [7, 11) is 0. The fraction of sp³-hybridized carbons (Fsp3) is 0.179. The van der Waals surface area contributed by atoms with Gasteiger partial charge in [-0.2, -0.15) is 5.10 Å². The predicted octanol–water partition coefficient (Wildman–Crippen LogP) is 5.42. The van der Waals surface area contributed by atoms with Crippen LogP contribution >= 0.6 is 22.9 Å². The third kappa shape index (κ3) is 7.86. The van der Waals surface area contributed by atoms with E-state index in [9.17, 15) is 9.59 Å². The molecule has 0 aliphatic carbocycles. The number of ether oxygens (including phenoxy) is 2. The monoisotopic (exact) mass is 563 g/mol. The molecule has 1 aromatic heterocycles. The van der Waals surface area contributed by atoms with Gasteiger partial charge in [0.15, 0.2) is 11.5 Å². The van der Waals surface area contributed by atoms with Crippen molar-refractivity contribution in [3.8, 4) is 11.5 Å². The highest BCUT2D eigenvalue weighted by molar-refractivity contribution is 7.15. The van der Waals surface area contributed by atoms with Crippen molar-refractivity contribution in [2.75, 3.05) is 11.9 Å². The van der Waals surface area contributed by atoms with Crippen LogP contribution in [0.1, 0.15) is 39.0 Å². The number of carbonyl (C=O) groups excluding carboxylic acids is 2. The van der Waals surface area contributed by atoms with E-state index < -0.39 is 5.91 Å². The van der Waals surface area contributed by atoms with Gasteiger partial charge in [-0.25, -0.2) is 5.43 Å². The zero-order valence-corrected chi connectivity index (χ0v) is 22.9. The van der Waals surface area contributed by atoms with Crippen LogP contribution in [0, 0.1) is 6.92 Å². The van der Waals surface area contributed by atoms with Crippen LogP contribution in [0.5, 0.6) is 11.5 Å². The molecular weight excluding hydrogens is 538 g/mol. The number of aromatic nitrogens is 2. The first kappa shape index (κ1) is 27.7. The molecule has 3 aromatic carbocycles. The number of hydrogen-bond acceptors (Lipinski definition) is 8. The Hall–Kier alpha value is -4.28. The molecule has 4 rings (SSSR count). The molecule has 4 aromatic rings. The van der Waals surface area contributed by atoms with Crippen LogP contribution in [-0.4, -0.2) is 34.8 Å². The van der Waals surface area contributed by atoms with Crippen molar-refractivity contribution in [3.63, 3.8) is 0 Å². The maximum Gasteiger partial charge on any atom is 0.257 e. The zero-order chi connectivity index (χ0) is 27.6. The lowest BCUT2D eigenvalue weighted by Crippen LogP contribution is -2.19. The van der Waals surface area contributed by atoms with Crippen LogP contribution in [0.15, 0.2) is 71.8 Å². The smallest absolute Gasteiger partial charge is 0.257 e. The highest BCUT2D eigenvalue weighted by atomic mass is 35.5. The molecule has 0 spiro atoms. The number of nitrogens with zero attached hydrogens (tertiary/aromatic N) is 3. The van der Waals surface area contributed by atoms with Gasteiger partial charge in [0.05, 0.1) is 24.3 Å². The number of anilines is 1. The van der Waals surface area contributed by atoms with E-state index in [0.717, 1.165) is 22.5 Å². The normalized spacial score (nSPS) is 10.8. The Morgan fingerprint density at radius 2 is 1.82 bits per heavy atom. The lowest BCUT2D eigenvalue weighted by atomic mass is 10.1. The SMILES string of the molecule is CCOc1cc(/C=N\NC(=O)Cc2nnc(NC(=O)c3ccccc3C)s2)cc(Cl)c1OCc1ccccc1. The number of nitrogens with one attached hydrogen (secondary N) is 2. The van der Waals surface area contributed by atoms with Crippen molar-refractivity contribution < 1.29 is 19.1 Å². The Bertz CT molecular complexity index is 1480. The number of rotatable bonds is 11. The standard InChI is InChI=1S/C28H26ClN5O4S/c1-3-37-23-14-20(13-22(29)26(23)38-17-19-10-5-4-6-11-19)16-30-32-24(35)15-25-33-34-28(39-25)31-27(36)21-12-8-7-9-18(21)2/h4-14,16H,3,15,17H2,1-2H3,(H,32,35)(H,31,34,36)/b30-16-. The second-order valence-corrected chi connectivity index (χ2v) is 9.75.